The fourth-order valence-electron chi connectivity index (χ4n) is 2.67. The number of nitrogens with one attached hydrogen (secondary N) is 1. The second kappa shape index (κ2) is 6.43. The van der Waals surface area contributed by atoms with Crippen molar-refractivity contribution in [2.75, 3.05) is 18.0 Å². The highest BCUT2D eigenvalue weighted by molar-refractivity contribution is 5.92. The van der Waals surface area contributed by atoms with Gasteiger partial charge in [0, 0.05) is 19.6 Å². The largest absolute Gasteiger partial charge is 0.352 e. The van der Waals surface area contributed by atoms with Crippen LogP contribution in [-0.2, 0) is 13.0 Å². The van der Waals surface area contributed by atoms with Gasteiger partial charge in [-0.05, 0) is 29.7 Å². The maximum Gasteiger partial charge on any atom is 0.270 e. The van der Waals surface area contributed by atoms with Gasteiger partial charge in [0.05, 0.1) is 0 Å². The molecule has 0 spiro atoms. The predicted octanol–water partition coefficient (Wildman–Crippen LogP) is 2.56. The van der Waals surface area contributed by atoms with Crippen LogP contribution >= 0.6 is 0 Å². The average molecular weight is 293 g/mol. The molecule has 1 aliphatic rings. The third-order valence-corrected chi connectivity index (χ3v) is 3.83. The molecule has 0 radical (unpaired) electrons. The van der Waals surface area contributed by atoms with Gasteiger partial charge < -0.3 is 10.2 Å². The molecule has 0 saturated carbocycles. The smallest absolute Gasteiger partial charge is 0.270 e. The topological polar surface area (TPSA) is 45.2 Å². The highest BCUT2D eigenvalue weighted by atomic mass is 16.1. The van der Waals surface area contributed by atoms with E-state index in [4.69, 9.17) is 0 Å². The van der Waals surface area contributed by atoms with Crippen molar-refractivity contribution in [3.63, 3.8) is 0 Å². The van der Waals surface area contributed by atoms with Gasteiger partial charge in [-0.3, -0.25) is 4.79 Å². The Hall–Kier alpha value is -2.62. The van der Waals surface area contributed by atoms with Crippen molar-refractivity contribution in [2.45, 2.75) is 13.0 Å². The molecule has 112 valence electrons. The molecule has 1 N–H and O–H groups in total. The number of pyridine rings is 1. The first-order valence-corrected chi connectivity index (χ1v) is 7.46. The second-order valence-electron chi connectivity index (χ2n) is 5.32. The number of fused-ring (bicyclic) bond motifs is 1. The van der Waals surface area contributed by atoms with E-state index in [0.717, 1.165) is 25.3 Å². The van der Waals surface area contributed by atoms with Crippen LogP contribution in [0.3, 0.4) is 0 Å². The van der Waals surface area contributed by atoms with Gasteiger partial charge in [0.15, 0.2) is 0 Å². The number of aromatic nitrogens is 1. The fraction of sp³-hybridized carbons (Fsp3) is 0.222. The molecule has 1 aliphatic heterocycles. The van der Waals surface area contributed by atoms with Crippen molar-refractivity contribution in [3.8, 4) is 0 Å². The molecule has 2 heterocycles. The van der Waals surface area contributed by atoms with E-state index < -0.39 is 0 Å². The highest BCUT2D eigenvalue weighted by Crippen LogP contribution is 2.23. The Balaban J connectivity index is 1.78. The Labute approximate surface area is 130 Å². The zero-order chi connectivity index (χ0) is 15.4. The number of carbonyl (C=O) groups excluding carboxylic acids is 1. The maximum absolute atomic E-state index is 12.0. The molecule has 3 rings (SSSR count). The summed E-state index contributed by atoms with van der Waals surface area (Å²) in [7, 11) is 0. The molecule has 0 unspecified atom stereocenters. The number of carbonyl (C=O) groups is 1. The van der Waals surface area contributed by atoms with E-state index in [1.54, 1.807) is 12.1 Å². The summed E-state index contributed by atoms with van der Waals surface area (Å²) in [5, 5.41) is 2.76. The second-order valence-corrected chi connectivity index (χ2v) is 5.32. The van der Waals surface area contributed by atoms with Crippen LogP contribution < -0.4 is 10.2 Å². The van der Waals surface area contributed by atoms with Crippen LogP contribution in [0.4, 0.5) is 5.82 Å². The number of amides is 1. The lowest BCUT2D eigenvalue weighted by Gasteiger charge is -2.29. The molecule has 0 fully saturated rings. The molecule has 4 heteroatoms. The van der Waals surface area contributed by atoms with Crippen LogP contribution in [0.1, 0.15) is 21.6 Å². The summed E-state index contributed by atoms with van der Waals surface area (Å²) < 4.78 is 0. The van der Waals surface area contributed by atoms with E-state index >= 15 is 0 Å². The van der Waals surface area contributed by atoms with Crippen molar-refractivity contribution in [2.24, 2.45) is 0 Å². The Morgan fingerprint density at radius 3 is 2.86 bits per heavy atom. The summed E-state index contributed by atoms with van der Waals surface area (Å²) in [5.41, 5.74) is 3.17. The molecule has 0 atom stereocenters. The first-order valence-electron chi connectivity index (χ1n) is 7.46. The normalized spacial score (nSPS) is 13.4. The maximum atomic E-state index is 12.0. The molecular weight excluding hydrogens is 274 g/mol. The molecule has 1 amide bonds. The lowest BCUT2D eigenvalue weighted by Crippen LogP contribution is -2.32. The lowest BCUT2D eigenvalue weighted by atomic mass is 10.00. The molecule has 0 aliphatic carbocycles. The molecule has 4 nitrogen and oxygen atoms in total. The van der Waals surface area contributed by atoms with E-state index in [-0.39, 0.29) is 5.91 Å². The van der Waals surface area contributed by atoms with Crippen molar-refractivity contribution in [1.82, 2.24) is 10.3 Å². The van der Waals surface area contributed by atoms with Gasteiger partial charge in [0.2, 0.25) is 0 Å². The lowest BCUT2D eigenvalue weighted by molar-refractivity contribution is 0.0953. The molecule has 1 aromatic heterocycles. The first kappa shape index (κ1) is 14.3. The van der Waals surface area contributed by atoms with Gasteiger partial charge in [-0.15, -0.1) is 6.58 Å². The number of anilines is 1. The van der Waals surface area contributed by atoms with Crippen LogP contribution in [0.25, 0.3) is 0 Å². The molecule has 0 saturated heterocycles. The first-order chi connectivity index (χ1) is 10.8. The highest BCUT2D eigenvalue weighted by Gasteiger charge is 2.18. The van der Waals surface area contributed by atoms with Crippen LogP contribution in [0.2, 0.25) is 0 Å². The molecule has 22 heavy (non-hydrogen) atoms. The Morgan fingerprint density at radius 1 is 1.23 bits per heavy atom. The number of rotatable bonds is 4. The Kier molecular flexibility index (Phi) is 4.19. The summed E-state index contributed by atoms with van der Waals surface area (Å²) in [4.78, 5) is 18.7. The summed E-state index contributed by atoms with van der Waals surface area (Å²) in [5.74, 6) is 0.680. The zero-order valence-electron chi connectivity index (χ0n) is 12.5. The SMILES string of the molecule is C=CCNC(=O)c1cccc(N2CCc3ccccc3C2)n1. The predicted molar refractivity (Wildman–Crippen MR) is 88.0 cm³/mol. The third kappa shape index (κ3) is 3.01. The van der Waals surface area contributed by atoms with Crippen molar-refractivity contribution >= 4 is 11.7 Å². The number of hydrogen-bond acceptors (Lipinski definition) is 3. The minimum Gasteiger partial charge on any atom is -0.352 e. The summed E-state index contributed by atoms with van der Waals surface area (Å²) >= 11 is 0. The summed E-state index contributed by atoms with van der Waals surface area (Å²) in [6, 6.07) is 14.1. The van der Waals surface area contributed by atoms with Gasteiger partial charge in [-0.25, -0.2) is 4.98 Å². The van der Waals surface area contributed by atoms with Crippen molar-refractivity contribution < 1.29 is 4.79 Å². The minimum atomic E-state index is -0.167. The van der Waals surface area contributed by atoms with Crippen LogP contribution in [0.15, 0.2) is 55.1 Å². The molecular formula is C18H19N3O. The van der Waals surface area contributed by atoms with Crippen LogP contribution in [0.5, 0.6) is 0 Å². The van der Waals surface area contributed by atoms with Crippen LogP contribution in [-0.4, -0.2) is 24.0 Å². The van der Waals surface area contributed by atoms with Gasteiger partial charge in [0.1, 0.15) is 11.5 Å². The van der Waals surface area contributed by atoms with Gasteiger partial charge in [-0.1, -0.05) is 36.4 Å². The third-order valence-electron chi connectivity index (χ3n) is 3.83. The summed E-state index contributed by atoms with van der Waals surface area (Å²) in [6.45, 7) is 5.79. The van der Waals surface area contributed by atoms with Gasteiger partial charge in [-0.2, -0.15) is 0 Å². The minimum absolute atomic E-state index is 0.167. The standard InChI is InChI=1S/C18H19N3O/c1-2-11-19-18(22)16-8-5-9-17(20-16)21-12-10-14-6-3-4-7-15(14)13-21/h2-9H,1,10-13H2,(H,19,22). The molecule has 0 bridgehead atoms. The van der Waals surface area contributed by atoms with E-state index in [9.17, 15) is 4.79 Å². The summed E-state index contributed by atoms with van der Waals surface area (Å²) in [6.07, 6.45) is 2.66. The van der Waals surface area contributed by atoms with Crippen molar-refractivity contribution in [3.05, 3.63) is 71.9 Å². The number of nitrogens with zero attached hydrogens (tertiary/aromatic N) is 2. The molecule has 2 aromatic rings. The monoisotopic (exact) mass is 293 g/mol. The average Bonchev–Trinajstić information content (AvgIpc) is 2.59. The van der Waals surface area contributed by atoms with Gasteiger partial charge in [0.25, 0.3) is 5.91 Å². The zero-order valence-corrected chi connectivity index (χ0v) is 12.5. The number of hydrogen-bond donors (Lipinski definition) is 1. The Bertz CT molecular complexity index is 696. The van der Waals surface area contributed by atoms with Gasteiger partial charge >= 0.3 is 0 Å². The van der Waals surface area contributed by atoms with Crippen molar-refractivity contribution in [1.29, 1.82) is 0 Å². The van der Waals surface area contributed by atoms with Crippen LogP contribution in [0, 0.1) is 0 Å². The van der Waals surface area contributed by atoms with E-state index in [2.05, 4.69) is 46.0 Å². The van der Waals surface area contributed by atoms with E-state index in [1.807, 2.05) is 12.1 Å². The van der Waals surface area contributed by atoms with E-state index in [0.29, 0.717) is 12.2 Å². The van der Waals surface area contributed by atoms with E-state index in [1.165, 1.54) is 11.1 Å². The fourth-order valence-corrected chi connectivity index (χ4v) is 2.67. The quantitative estimate of drug-likeness (QED) is 0.881. The molecule has 1 aromatic carbocycles. The number of benzene rings is 1. The Morgan fingerprint density at radius 2 is 2.05 bits per heavy atom.